The van der Waals surface area contributed by atoms with Crippen molar-refractivity contribution in [3.8, 4) is 0 Å². The topological polar surface area (TPSA) is 130 Å². The second kappa shape index (κ2) is 16.8. The van der Waals surface area contributed by atoms with Gasteiger partial charge in [0, 0.05) is 37.1 Å². The fourth-order valence-electron chi connectivity index (χ4n) is 5.16. The standard InChI is InChI=1S/C34H39N3O6S2/c38-21-24-13-15-25(16-14-24)29-19-27(22-44-34-36-28-7-5-6-8-30(28)45-34)42-33(43-29)26-17-11-23(12-18-26)20-35-31(39)9-3-1-2-4-10-32(40)37-41/h5-8,11-18,27,29,33,38,41H,1-4,9-10,19-22H2,(H,35,39)(H,37,40). The van der Waals surface area contributed by atoms with Crippen LogP contribution in [0.3, 0.4) is 0 Å². The first-order chi connectivity index (χ1) is 22.0. The third-order valence-electron chi connectivity index (χ3n) is 7.71. The lowest BCUT2D eigenvalue weighted by Crippen LogP contribution is -2.31. The molecule has 1 aliphatic rings. The Balaban J connectivity index is 1.16. The maximum absolute atomic E-state index is 12.3. The number of aromatic nitrogens is 1. The monoisotopic (exact) mass is 649 g/mol. The van der Waals surface area contributed by atoms with Crippen molar-refractivity contribution in [2.45, 2.75) is 80.9 Å². The van der Waals surface area contributed by atoms with E-state index < -0.39 is 6.29 Å². The zero-order valence-corrected chi connectivity index (χ0v) is 26.7. The number of hydrogen-bond acceptors (Lipinski definition) is 9. The molecule has 1 aliphatic heterocycles. The number of rotatable bonds is 15. The first-order valence-corrected chi connectivity index (χ1v) is 17.1. The average Bonchev–Trinajstić information content (AvgIpc) is 3.51. The third-order valence-corrected chi connectivity index (χ3v) is 10.0. The molecule has 11 heteroatoms. The predicted octanol–water partition coefficient (Wildman–Crippen LogP) is 6.59. The number of hydrogen-bond donors (Lipinski definition) is 4. The van der Waals surface area contributed by atoms with E-state index in [-0.39, 0.29) is 37.0 Å². The summed E-state index contributed by atoms with van der Waals surface area (Å²) in [4.78, 5) is 28.1. The van der Waals surface area contributed by atoms with E-state index in [1.165, 1.54) is 4.70 Å². The molecule has 0 bridgehead atoms. The van der Waals surface area contributed by atoms with Crippen LogP contribution in [0, 0.1) is 0 Å². The van der Waals surface area contributed by atoms with Gasteiger partial charge in [-0.25, -0.2) is 10.5 Å². The van der Waals surface area contributed by atoms with Crippen LogP contribution in [-0.4, -0.2) is 39.0 Å². The van der Waals surface area contributed by atoms with Crippen molar-refractivity contribution in [3.63, 3.8) is 0 Å². The van der Waals surface area contributed by atoms with Crippen molar-refractivity contribution in [1.82, 2.24) is 15.8 Å². The summed E-state index contributed by atoms with van der Waals surface area (Å²) in [5.41, 5.74) is 6.44. The van der Waals surface area contributed by atoms with Gasteiger partial charge >= 0.3 is 0 Å². The summed E-state index contributed by atoms with van der Waals surface area (Å²) in [6.07, 6.45) is 3.79. The van der Waals surface area contributed by atoms with Crippen molar-refractivity contribution < 1.29 is 29.4 Å². The van der Waals surface area contributed by atoms with Crippen LogP contribution in [0.25, 0.3) is 10.2 Å². The van der Waals surface area contributed by atoms with E-state index in [0.29, 0.717) is 25.8 Å². The Labute approximate surface area is 271 Å². The lowest BCUT2D eigenvalue weighted by molar-refractivity contribution is -0.245. The number of benzene rings is 3. The van der Waals surface area contributed by atoms with Crippen LogP contribution >= 0.6 is 23.1 Å². The highest BCUT2D eigenvalue weighted by atomic mass is 32.2. The van der Waals surface area contributed by atoms with Gasteiger partial charge < -0.3 is 19.9 Å². The summed E-state index contributed by atoms with van der Waals surface area (Å²) in [5.74, 6) is 0.357. The molecular weight excluding hydrogens is 611 g/mol. The number of ether oxygens (including phenoxy) is 2. The van der Waals surface area contributed by atoms with E-state index >= 15 is 0 Å². The Morgan fingerprint density at radius 1 is 0.867 bits per heavy atom. The zero-order chi connectivity index (χ0) is 31.4. The number of amides is 2. The van der Waals surface area contributed by atoms with Crippen molar-refractivity contribution >= 4 is 45.1 Å². The minimum atomic E-state index is -0.547. The van der Waals surface area contributed by atoms with Gasteiger partial charge in [0.2, 0.25) is 11.8 Å². The Bertz CT molecular complexity index is 1500. The van der Waals surface area contributed by atoms with Gasteiger partial charge in [-0.1, -0.05) is 85.3 Å². The first-order valence-electron chi connectivity index (χ1n) is 15.3. The molecule has 0 radical (unpaired) electrons. The van der Waals surface area contributed by atoms with Crippen LogP contribution < -0.4 is 10.8 Å². The molecule has 2 heterocycles. The molecule has 3 aromatic carbocycles. The molecule has 1 aromatic heterocycles. The molecule has 238 valence electrons. The van der Waals surface area contributed by atoms with Crippen LogP contribution in [0.1, 0.15) is 79.6 Å². The number of unbranched alkanes of at least 4 members (excludes halogenated alkanes) is 3. The van der Waals surface area contributed by atoms with Crippen LogP contribution in [-0.2, 0) is 32.2 Å². The van der Waals surface area contributed by atoms with E-state index in [0.717, 1.165) is 57.1 Å². The molecule has 4 aromatic rings. The van der Waals surface area contributed by atoms with Crippen LogP contribution in [0.4, 0.5) is 0 Å². The number of para-hydroxylation sites is 1. The van der Waals surface area contributed by atoms with Crippen LogP contribution in [0.2, 0.25) is 0 Å². The van der Waals surface area contributed by atoms with Gasteiger partial charge in [0.15, 0.2) is 10.6 Å². The molecule has 45 heavy (non-hydrogen) atoms. The number of fused-ring (bicyclic) bond motifs is 1. The Morgan fingerprint density at radius 2 is 1.56 bits per heavy atom. The Hall–Kier alpha value is -3.32. The van der Waals surface area contributed by atoms with Gasteiger partial charge in [-0.05, 0) is 41.7 Å². The summed E-state index contributed by atoms with van der Waals surface area (Å²) in [5, 5.41) is 21.0. The lowest BCUT2D eigenvalue weighted by Gasteiger charge is -2.36. The molecule has 2 amide bonds. The predicted molar refractivity (Wildman–Crippen MR) is 175 cm³/mol. The number of nitrogens with one attached hydrogen (secondary N) is 2. The largest absolute Gasteiger partial charge is 0.392 e. The van der Waals surface area contributed by atoms with Crippen molar-refractivity contribution in [1.29, 1.82) is 0 Å². The highest BCUT2D eigenvalue weighted by Gasteiger charge is 2.32. The summed E-state index contributed by atoms with van der Waals surface area (Å²) >= 11 is 3.40. The van der Waals surface area contributed by atoms with Crippen molar-refractivity contribution in [2.24, 2.45) is 0 Å². The Kier molecular flexibility index (Phi) is 12.4. The quantitative estimate of drug-likeness (QED) is 0.0492. The SMILES string of the molecule is O=C(CCCCCCC(=O)NCc1ccc(C2OC(CSc3nc4ccccc4s3)CC(c3ccc(CO)cc3)O2)cc1)NO. The van der Waals surface area contributed by atoms with E-state index in [9.17, 15) is 14.7 Å². The highest BCUT2D eigenvalue weighted by molar-refractivity contribution is 8.01. The highest BCUT2D eigenvalue weighted by Crippen LogP contribution is 2.40. The number of carbonyl (C=O) groups is 2. The average molecular weight is 650 g/mol. The number of thioether (sulfide) groups is 1. The lowest BCUT2D eigenvalue weighted by atomic mass is 10.0. The molecule has 1 saturated heterocycles. The smallest absolute Gasteiger partial charge is 0.243 e. The molecular formula is C34H39N3O6S2. The van der Waals surface area contributed by atoms with E-state index in [4.69, 9.17) is 19.7 Å². The number of carbonyl (C=O) groups excluding carboxylic acids is 2. The van der Waals surface area contributed by atoms with Gasteiger partial charge in [-0.3, -0.25) is 14.8 Å². The second-order valence-electron chi connectivity index (χ2n) is 11.1. The molecule has 0 spiro atoms. The van der Waals surface area contributed by atoms with Gasteiger partial charge in [-0.2, -0.15) is 0 Å². The number of aliphatic hydroxyl groups is 1. The third kappa shape index (κ3) is 9.83. The fourth-order valence-corrected chi connectivity index (χ4v) is 7.27. The number of hydroxylamine groups is 1. The first kappa shape index (κ1) is 33.1. The van der Waals surface area contributed by atoms with E-state index in [1.807, 2.05) is 66.7 Å². The number of nitrogens with zero attached hydrogens (tertiary/aromatic N) is 1. The van der Waals surface area contributed by atoms with Gasteiger partial charge in [0.25, 0.3) is 0 Å². The molecule has 0 saturated carbocycles. The minimum Gasteiger partial charge on any atom is -0.392 e. The summed E-state index contributed by atoms with van der Waals surface area (Å²) < 4.78 is 15.2. The van der Waals surface area contributed by atoms with Gasteiger partial charge in [-0.15, -0.1) is 11.3 Å². The molecule has 9 nitrogen and oxygen atoms in total. The molecule has 5 rings (SSSR count). The van der Waals surface area contributed by atoms with Crippen molar-refractivity contribution in [3.05, 3.63) is 95.1 Å². The molecule has 4 N–H and O–H groups in total. The number of thiazole rings is 1. The number of aliphatic hydroxyl groups excluding tert-OH is 1. The fraction of sp³-hybridized carbons (Fsp3) is 0.382. The molecule has 1 fully saturated rings. The molecule has 3 atom stereocenters. The molecule has 0 aliphatic carbocycles. The normalized spacial score (nSPS) is 18.1. The minimum absolute atomic E-state index is 0.000826. The molecule has 3 unspecified atom stereocenters. The maximum atomic E-state index is 12.3. The zero-order valence-electron chi connectivity index (χ0n) is 25.0. The summed E-state index contributed by atoms with van der Waals surface area (Å²) in [7, 11) is 0. The van der Waals surface area contributed by atoms with Crippen LogP contribution in [0.5, 0.6) is 0 Å². The summed E-state index contributed by atoms with van der Waals surface area (Å²) in [6.45, 7) is 0.433. The van der Waals surface area contributed by atoms with E-state index in [2.05, 4.69) is 11.4 Å². The van der Waals surface area contributed by atoms with Crippen LogP contribution in [0.15, 0.2) is 77.1 Å². The van der Waals surface area contributed by atoms with Crippen molar-refractivity contribution in [2.75, 3.05) is 5.75 Å². The second-order valence-corrected chi connectivity index (χ2v) is 13.4. The van der Waals surface area contributed by atoms with Gasteiger partial charge in [0.05, 0.1) is 29.0 Å². The summed E-state index contributed by atoms with van der Waals surface area (Å²) in [6, 6.07) is 24.0. The maximum Gasteiger partial charge on any atom is 0.243 e. The van der Waals surface area contributed by atoms with Gasteiger partial charge in [0.1, 0.15) is 0 Å². The Morgan fingerprint density at radius 3 is 2.27 bits per heavy atom. The van der Waals surface area contributed by atoms with E-state index in [1.54, 1.807) is 28.6 Å².